The SMILES string of the molecule is C=C.CC(=O)NN=C1CCC(CC(=O)N2CCC(C3c4ncc(Br)cc4CCc4cc(Cl)cc(Br)c43)CC2)CC1. The van der Waals surface area contributed by atoms with Gasteiger partial charge in [0.05, 0.1) is 5.69 Å². The smallest absolute Gasteiger partial charge is 0.236 e. The molecule has 2 aliphatic carbocycles. The van der Waals surface area contributed by atoms with Crippen LogP contribution < -0.4 is 5.43 Å². The minimum absolute atomic E-state index is 0.145. The lowest BCUT2D eigenvalue weighted by atomic mass is 9.76. The second kappa shape index (κ2) is 14.2. The number of fused-ring (bicyclic) bond motifs is 2. The van der Waals surface area contributed by atoms with Gasteiger partial charge in [-0.15, -0.1) is 13.2 Å². The van der Waals surface area contributed by atoms with E-state index in [4.69, 9.17) is 16.6 Å². The fraction of sp³-hybridized carbons (Fsp3) is 0.484. The van der Waals surface area contributed by atoms with Crippen molar-refractivity contribution in [2.45, 2.75) is 70.6 Å². The van der Waals surface area contributed by atoms with Crippen molar-refractivity contribution < 1.29 is 9.59 Å². The van der Waals surface area contributed by atoms with E-state index in [9.17, 15) is 9.59 Å². The lowest BCUT2D eigenvalue weighted by Gasteiger charge is -2.37. The zero-order valence-corrected chi connectivity index (χ0v) is 27.0. The molecule has 2 aromatic rings. The number of halogens is 3. The molecule has 5 rings (SSSR count). The normalized spacial score (nSPS) is 20.8. The number of nitrogens with one attached hydrogen (secondary N) is 1. The Kier molecular flexibility index (Phi) is 11.0. The number of pyridine rings is 1. The highest BCUT2D eigenvalue weighted by Gasteiger charge is 2.36. The van der Waals surface area contributed by atoms with Gasteiger partial charge in [-0.25, -0.2) is 5.43 Å². The van der Waals surface area contributed by atoms with Crippen molar-refractivity contribution >= 4 is 61.0 Å². The summed E-state index contributed by atoms with van der Waals surface area (Å²) >= 11 is 13.9. The first-order valence-corrected chi connectivity index (χ1v) is 16.0. The third-order valence-electron chi connectivity index (χ3n) is 8.30. The van der Waals surface area contributed by atoms with E-state index in [0.717, 1.165) is 84.1 Å². The summed E-state index contributed by atoms with van der Waals surface area (Å²) < 4.78 is 2.06. The van der Waals surface area contributed by atoms with Crippen molar-refractivity contribution in [1.82, 2.24) is 15.3 Å². The monoisotopic (exact) mass is 690 g/mol. The molecule has 1 saturated heterocycles. The number of hydrazone groups is 1. The largest absolute Gasteiger partial charge is 0.343 e. The number of carbonyl (C=O) groups excluding carboxylic acids is 2. The Bertz CT molecular complexity index is 1270. The molecular formula is C31H37Br2ClN4O2. The topological polar surface area (TPSA) is 74.7 Å². The van der Waals surface area contributed by atoms with Gasteiger partial charge in [-0.3, -0.25) is 14.6 Å². The Labute approximate surface area is 259 Å². The first kappa shape index (κ1) is 30.9. The Morgan fingerprint density at radius 3 is 2.40 bits per heavy atom. The van der Waals surface area contributed by atoms with E-state index < -0.39 is 0 Å². The molecule has 1 saturated carbocycles. The summed E-state index contributed by atoms with van der Waals surface area (Å²) in [5, 5.41) is 4.95. The van der Waals surface area contributed by atoms with Gasteiger partial charge in [0.1, 0.15) is 0 Å². The van der Waals surface area contributed by atoms with Gasteiger partial charge in [0.2, 0.25) is 11.8 Å². The first-order chi connectivity index (χ1) is 19.3. The quantitative estimate of drug-likeness (QED) is 0.265. The molecule has 1 aromatic carbocycles. The van der Waals surface area contributed by atoms with Gasteiger partial charge < -0.3 is 4.90 Å². The van der Waals surface area contributed by atoms with E-state index >= 15 is 0 Å². The second-order valence-corrected chi connectivity index (χ2v) is 13.1. The highest BCUT2D eigenvalue weighted by molar-refractivity contribution is 9.10. The highest BCUT2D eigenvalue weighted by atomic mass is 79.9. The van der Waals surface area contributed by atoms with Gasteiger partial charge in [0.15, 0.2) is 0 Å². The van der Waals surface area contributed by atoms with E-state index in [-0.39, 0.29) is 17.7 Å². The number of carbonyl (C=O) groups is 2. The minimum Gasteiger partial charge on any atom is -0.343 e. The van der Waals surface area contributed by atoms with Crippen LogP contribution in [0.3, 0.4) is 0 Å². The number of benzene rings is 1. The summed E-state index contributed by atoms with van der Waals surface area (Å²) in [4.78, 5) is 31.3. The lowest BCUT2D eigenvalue weighted by Crippen LogP contribution is -2.41. The molecule has 1 aliphatic heterocycles. The third kappa shape index (κ3) is 7.42. The molecule has 0 bridgehead atoms. The molecule has 3 aliphatic rings. The predicted octanol–water partition coefficient (Wildman–Crippen LogP) is 7.60. The zero-order valence-electron chi connectivity index (χ0n) is 23.0. The van der Waals surface area contributed by atoms with Crippen LogP contribution in [0, 0.1) is 11.8 Å². The molecular weight excluding hydrogens is 656 g/mol. The molecule has 0 spiro atoms. The van der Waals surface area contributed by atoms with E-state index in [1.54, 1.807) is 0 Å². The molecule has 1 unspecified atom stereocenters. The number of aryl methyl sites for hydroxylation is 2. The first-order valence-electron chi connectivity index (χ1n) is 14.0. The maximum Gasteiger partial charge on any atom is 0.236 e. The Hall–Kier alpha value is -2.03. The van der Waals surface area contributed by atoms with Crippen LogP contribution in [0.2, 0.25) is 5.02 Å². The molecule has 2 fully saturated rings. The summed E-state index contributed by atoms with van der Waals surface area (Å²) in [6.45, 7) is 9.04. The fourth-order valence-corrected chi connectivity index (χ4v) is 7.87. The average molecular weight is 693 g/mol. The van der Waals surface area contributed by atoms with Crippen molar-refractivity contribution in [1.29, 1.82) is 0 Å². The summed E-state index contributed by atoms with van der Waals surface area (Å²) in [7, 11) is 0. The second-order valence-electron chi connectivity index (χ2n) is 10.8. The van der Waals surface area contributed by atoms with Crippen molar-refractivity contribution in [2.24, 2.45) is 16.9 Å². The van der Waals surface area contributed by atoms with Crippen molar-refractivity contribution in [3.8, 4) is 0 Å². The van der Waals surface area contributed by atoms with Crippen LogP contribution in [0.5, 0.6) is 0 Å². The Morgan fingerprint density at radius 1 is 1.05 bits per heavy atom. The fourth-order valence-electron chi connectivity index (χ4n) is 6.37. The summed E-state index contributed by atoms with van der Waals surface area (Å²) in [5.74, 6) is 1.10. The van der Waals surface area contributed by atoms with Gasteiger partial charge in [-0.05, 0) is 114 Å². The molecule has 6 nitrogen and oxygen atoms in total. The molecule has 1 aromatic heterocycles. The number of aromatic nitrogens is 1. The molecule has 2 amide bonds. The molecule has 1 N–H and O–H groups in total. The molecule has 1 atom stereocenters. The number of hydrogen-bond acceptors (Lipinski definition) is 4. The number of hydrogen-bond donors (Lipinski definition) is 1. The van der Waals surface area contributed by atoms with Crippen LogP contribution in [0.4, 0.5) is 0 Å². The Balaban J connectivity index is 0.00000181. The van der Waals surface area contributed by atoms with Gasteiger partial charge in [0, 0.05) is 58.2 Å². The average Bonchev–Trinajstić information content (AvgIpc) is 3.10. The summed E-state index contributed by atoms with van der Waals surface area (Å²) in [6.07, 6.45) is 9.91. The lowest BCUT2D eigenvalue weighted by molar-refractivity contribution is -0.133. The van der Waals surface area contributed by atoms with Crippen LogP contribution >= 0.6 is 43.5 Å². The minimum atomic E-state index is -0.145. The maximum atomic E-state index is 13.2. The van der Waals surface area contributed by atoms with Crippen LogP contribution in [-0.2, 0) is 22.4 Å². The predicted molar refractivity (Wildman–Crippen MR) is 169 cm³/mol. The molecule has 40 heavy (non-hydrogen) atoms. The van der Waals surface area contributed by atoms with Crippen molar-refractivity contribution in [3.63, 3.8) is 0 Å². The Morgan fingerprint density at radius 2 is 1.73 bits per heavy atom. The van der Waals surface area contributed by atoms with Crippen molar-refractivity contribution in [2.75, 3.05) is 13.1 Å². The summed E-state index contributed by atoms with van der Waals surface area (Å²) in [6, 6.07) is 6.34. The van der Waals surface area contributed by atoms with Crippen molar-refractivity contribution in [3.05, 3.63) is 73.9 Å². The molecule has 214 valence electrons. The highest BCUT2D eigenvalue weighted by Crippen LogP contribution is 2.46. The molecule has 2 heterocycles. The maximum absolute atomic E-state index is 13.2. The van der Waals surface area contributed by atoms with Gasteiger partial charge in [0.25, 0.3) is 0 Å². The number of likely N-dealkylation sites (tertiary alicyclic amines) is 1. The van der Waals surface area contributed by atoms with E-state index in [2.05, 4.69) is 72.6 Å². The van der Waals surface area contributed by atoms with Gasteiger partial charge in [-0.1, -0.05) is 27.5 Å². The number of piperidine rings is 1. The van der Waals surface area contributed by atoms with Gasteiger partial charge >= 0.3 is 0 Å². The number of amides is 2. The molecule has 0 radical (unpaired) electrons. The summed E-state index contributed by atoms with van der Waals surface area (Å²) in [5.41, 5.74) is 8.63. The van der Waals surface area contributed by atoms with Crippen LogP contribution in [0.1, 0.15) is 80.2 Å². The van der Waals surface area contributed by atoms with Gasteiger partial charge in [-0.2, -0.15) is 5.10 Å². The molecule has 9 heteroatoms. The standard InChI is InChI=1S/C29H33Br2ClN4O2.C2H4/c1-17(37)34-35-24-6-2-18(3-7-24)12-26(38)36-10-8-19(9-11-36)28-27-20(14-23(32)15-25(27)31)4-5-21-13-22(30)16-33-29(21)28;1-2/h13-16,18-19,28H,2-12H2,1H3,(H,34,37);1-2H2. The van der Waals surface area contributed by atoms with Crippen LogP contribution in [0.15, 0.2) is 51.6 Å². The number of rotatable bonds is 4. The van der Waals surface area contributed by atoms with E-state index in [1.807, 2.05) is 12.3 Å². The van der Waals surface area contributed by atoms with E-state index in [1.165, 1.54) is 29.3 Å². The van der Waals surface area contributed by atoms with E-state index in [0.29, 0.717) is 18.3 Å². The van der Waals surface area contributed by atoms with Crippen LogP contribution in [0.25, 0.3) is 0 Å². The third-order valence-corrected chi connectivity index (χ3v) is 9.61. The van der Waals surface area contributed by atoms with Crippen LogP contribution in [-0.4, -0.2) is 40.5 Å². The number of nitrogens with zero attached hydrogens (tertiary/aromatic N) is 3. The zero-order chi connectivity index (χ0) is 28.8.